The Morgan fingerprint density at radius 2 is 1.94 bits per heavy atom. The molecule has 2 aliphatic rings. The van der Waals surface area contributed by atoms with E-state index in [9.17, 15) is 0 Å². The summed E-state index contributed by atoms with van der Waals surface area (Å²) in [5, 5.41) is 3.63. The molecule has 0 aromatic carbocycles. The zero-order chi connectivity index (χ0) is 11.7. The van der Waals surface area contributed by atoms with Gasteiger partial charge in [0.25, 0.3) is 0 Å². The Morgan fingerprint density at radius 1 is 1.24 bits per heavy atom. The predicted molar refractivity (Wildman–Crippen MR) is 69.6 cm³/mol. The van der Waals surface area contributed by atoms with Crippen LogP contribution < -0.4 is 5.32 Å². The number of pyridine rings is 1. The molecule has 0 bridgehead atoms. The molecule has 92 valence electrons. The van der Waals surface area contributed by atoms with Crippen LogP contribution in [0.1, 0.15) is 36.8 Å². The molecule has 2 nitrogen and oxygen atoms in total. The molecule has 2 saturated carbocycles. The van der Waals surface area contributed by atoms with E-state index in [4.69, 9.17) is 0 Å². The highest BCUT2D eigenvalue weighted by molar-refractivity contribution is 5.16. The van der Waals surface area contributed by atoms with Crippen molar-refractivity contribution < 1.29 is 0 Å². The molecule has 1 heterocycles. The maximum Gasteiger partial charge on any atom is 0.0313 e. The highest BCUT2D eigenvalue weighted by atomic mass is 14.9. The molecule has 3 rings (SSSR count). The second kappa shape index (κ2) is 4.77. The zero-order valence-corrected chi connectivity index (χ0v) is 10.7. The van der Waals surface area contributed by atoms with Crippen molar-refractivity contribution in [3.8, 4) is 0 Å². The molecule has 1 aromatic heterocycles. The second-order valence-corrected chi connectivity index (χ2v) is 5.84. The minimum absolute atomic E-state index is 0.966. The summed E-state index contributed by atoms with van der Waals surface area (Å²) >= 11 is 0. The molecular weight excluding hydrogens is 208 g/mol. The van der Waals surface area contributed by atoms with Crippen LogP contribution in [0.3, 0.4) is 0 Å². The van der Waals surface area contributed by atoms with Crippen LogP contribution in [0.2, 0.25) is 0 Å². The van der Waals surface area contributed by atoms with E-state index in [0.29, 0.717) is 0 Å². The maximum absolute atomic E-state index is 4.24. The van der Waals surface area contributed by atoms with Gasteiger partial charge in [0.05, 0.1) is 0 Å². The summed E-state index contributed by atoms with van der Waals surface area (Å²) in [6.45, 7) is 4.29. The molecule has 0 aliphatic heterocycles. The minimum atomic E-state index is 0.966. The van der Waals surface area contributed by atoms with Crippen LogP contribution in [0.5, 0.6) is 0 Å². The van der Waals surface area contributed by atoms with Crippen LogP contribution in [0.15, 0.2) is 18.5 Å². The second-order valence-electron chi connectivity index (χ2n) is 5.84. The average Bonchev–Trinajstić information content (AvgIpc) is 3.15. The summed E-state index contributed by atoms with van der Waals surface area (Å²) in [6.07, 6.45) is 9.82. The third-order valence-corrected chi connectivity index (χ3v) is 4.10. The summed E-state index contributed by atoms with van der Waals surface area (Å²) in [6, 6.07) is 2.23. The SMILES string of the molecule is Cc1cncc(CNCC(C2CC2)C2CC2)c1. The third kappa shape index (κ3) is 3.06. The van der Waals surface area contributed by atoms with Crippen LogP contribution in [-0.2, 0) is 6.54 Å². The molecule has 0 amide bonds. The first kappa shape index (κ1) is 11.2. The molecule has 0 atom stereocenters. The highest BCUT2D eigenvalue weighted by Gasteiger charge is 2.40. The van der Waals surface area contributed by atoms with Crippen molar-refractivity contribution in [2.45, 2.75) is 39.2 Å². The Balaban J connectivity index is 1.47. The van der Waals surface area contributed by atoms with E-state index >= 15 is 0 Å². The summed E-state index contributed by atoms with van der Waals surface area (Å²) in [4.78, 5) is 4.24. The normalized spacial score (nSPS) is 19.9. The van der Waals surface area contributed by atoms with Crippen molar-refractivity contribution >= 4 is 0 Å². The minimum Gasteiger partial charge on any atom is -0.312 e. The van der Waals surface area contributed by atoms with Crippen molar-refractivity contribution in [1.82, 2.24) is 10.3 Å². The molecule has 2 fully saturated rings. The smallest absolute Gasteiger partial charge is 0.0313 e. The van der Waals surface area contributed by atoms with E-state index in [1.165, 1.54) is 43.4 Å². The molecular formula is C15H22N2. The van der Waals surface area contributed by atoms with Gasteiger partial charge in [-0.3, -0.25) is 4.98 Å². The molecule has 0 unspecified atom stereocenters. The first-order valence-electron chi connectivity index (χ1n) is 6.94. The molecule has 0 saturated heterocycles. The van der Waals surface area contributed by atoms with Gasteiger partial charge in [0.15, 0.2) is 0 Å². The van der Waals surface area contributed by atoms with Gasteiger partial charge in [0.2, 0.25) is 0 Å². The van der Waals surface area contributed by atoms with Gasteiger partial charge in [-0.25, -0.2) is 0 Å². The fraction of sp³-hybridized carbons (Fsp3) is 0.667. The van der Waals surface area contributed by atoms with Crippen LogP contribution in [0.4, 0.5) is 0 Å². The number of aryl methyl sites for hydroxylation is 1. The Kier molecular flexibility index (Phi) is 3.15. The van der Waals surface area contributed by atoms with E-state index in [1.54, 1.807) is 0 Å². The fourth-order valence-corrected chi connectivity index (χ4v) is 2.86. The summed E-state index contributed by atoms with van der Waals surface area (Å²) in [7, 11) is 0. The Bertz CT molecular complexity index is 368. The van der Waals surface area contributed by atoms with Gasteiger partial charge in [-0.05, 0) is 68.0 Å². The van der Waals surface area contributed by atoms with Gasteiger partial charge >= 0.3 is 0 Å². The molecule has 1 N–H and O–H groups in total. The van der Waals surface area contributed by atoms with E-state index in [1.807, 2.05) is 12.4 Å². The van der Waals surface area contributed by atoms with E-state index < -0.39 is 0 Å². The summed E-state index contributed by atoms with van der Waals surface area (Å²) < 4.78 is 0. The molecule has 2 heteroatoms. The molecule has 1 aromatic rings. The molecule has 17 heavy (non-hydrogen) atoms. The number of nitrogens with zero attached hydrogens (tertiary/aromatic N) is 1. The fourth-order valence-electron chi connectivity index (χ4n) is 2.86. The molecule has 0 radical (unpaired) electrons. The molecule has 0 spiro atoms. The maximum atomic E-state index is 4.24. The lowest BCUT2D eigenvalue weighted by atomic mass is 9.98. The first-order chi connectivity index (χ1) is 8.33. The Labute approximate surface area is 104 Å². The van der Waals surface area contributed by atoms with Gasteiger partial charge in [0.1, 0.15) is 0 Å². The quantitative estimate of drug-likeness (QED) is 0.812. The predicted octanol–water partition coefficient (Wildman–Crippen LogP) is 2.92. The number of rotatable bonds is 6. The van der Waals surface area contributed by atoms with Gasteiger partial charge in [-0.2, -0.15) is 0 Å². The lowest BCUT2D eigenvalue weighted by Gasteiger charge is -2.16. The Hall–Kier alpha value is -0.890. The largest absolute Gasteiger partial charge is 0.312 e. The monoisotopic (exact) mass is 230 g/mol. The van der Waals surface area contributed by atoms with Gasteiger partial charge in [-0.15, -0.1) is 0 Å². The van der Waals surface area contributed by atoms with Gasteiger partial charge in [-0.1, -0.05) is 6.07 Å². The van der Waals surface area contributed by atoms with Crippen molar-refractivity contribution in [2.75, 3.05) is 6.54 Å². The third-order valence-electron chi connectivity index (χ3n) is 4.10. The summed E-state index contributed by atoms with van der Waals surface area (Å²) in [5.74, 6) is 3.06. The Morgan fingerprint density at radius 3 is 2.53 bits per heavy atom. The van der Waals surface area contributed by atoms with Crippen LogP contribution in [0, 0.1) is 24.7 Å². The van der Waals surface area contributed by atoms with Crippen molar-refractivity contribution in [3.63, 3.8) is 0 Å². The lowest BCUT2D eigenvalue weighted by Crippen LogP contribution is -2.25. The van der Waals surface area contributed by atoms with Crippen molar-refractivity contribution in [3.05, 3.63) is 29.6 Å². The van der Waals surface area contributed by atoms with Gasteiger partial charge < -0.3 is 5.32 Å². The number of hydrogen-bond donors (Lipinski definition) is 1. The van der Waals surface area contributed by atoms with Crippen molar-refractivity contribution in [1.29, 1.82) is 0 Å². The van der Waals surface area contributed by atoms with Crippen molar-refractivity contribution in [2.24, 2.45) is 17.8 Å². The van der Waals surface area contributed by atoms with E-state index in [0.717, 1.165) is 24.3 Å². The standard InChI is InChI=1S/C15H22N2/c1-11-6-12(8-16-7-11)9-17-10-15(13-2-3-13)14-4-5-14/h6-8,13-15,17H,2-5,9-10H2,1H3. The van der Waals surface area contributed by atoms with Crippen LogP contribution in [-0.4, -0.2) is 11.5 Å². The van der Waals surface area contributed by atoms with Gasteiger partial charge in [0, 0.05) is 18.9 Å². The molecule has 2 aliphatic carbocycles. The van der Waals surface area contributed by atoms with Crippen LogP contribution >= 0.6 is 0 Å². The van der Waals surface area contributed by atoms with Crippen LogP contribution in [0.25, 0.3) is 0 Å². The number of hydrogen-bond acceptors (Lipinski definition) is 2. The summed E-state index contributed by atoms with van der Waals surface area (Å²) in [5.41, 5.74) is 2.57. The zero-order valence-electron chi connectivity index (χ0n) is 10.7. The topological polar surface area (TPSA) is 24.9 Å². The lowest BCUT2D eigenvalue weighted by molar-refractivity contribution is 0.378. The number of nitrogens with one attached hydrogen (secondary N) is 1. The first-order valence-corrected chi connectivity index (χ1v) is 6.94. The van der Waals surface area contributed by atoms with E-state index in [2.05, 4.69) is 23.3 Å². The van der Waals surface area contributed by atoms with E-state index in [-0.39, 0.29) is 0 Å². The number of aromatic nitrogens is 1. The highest BCUT2D eigenvalue weighted by Crippen LogP contribution is 2.48. The average molecular weight is 230 g/mol.